The number of nitrogens with one attached hydrogen (secondary N) is 1. The molecule has 0 aliphatic carbocycles. The van der Waals surface area contributed by atoms with Crippen LogP contribution in [0.2, 0.25) is 0 Å². The third-order valence-electron chi connectivity index (χ3n) is 2.58. The lowest BCUT2D eigenvalue weighted by Crippen LogP contribution is -2.17. The van der Waals surface area contributed by atoms with Crippen molar-refractivity contribution in [2.75, 3.05) is 0 Å². The van der Waals surface area contributed by atoms with Crippen molar-refractivity contribution in [1.29, 1.82) is 0 Å². The normalized spacial score (nSPS) is 11.2. The largest absolute Gasteiger partial charge is 0.508 e. The number of amides is 1. The van der Waals surface area contributed by atoms with E-state index >= 15 is 0 Å². The van der Waals surface area contributed by atoms with Crippen LogP contribution in [0.25, 0.3) is 0 Å². The quantitative estimate of drug-likeness (QED) is 0.671. The Morgan fingerprint density at radius 1 is 1.40 bits per heavy atom. The van der Waals surface area contributed by atoms with E-state index in [1.54, 1.807) is 24.3 Å². The van der Waals surface area contributed by atoms with Crippen molar-refractivity contribution in [2.45, 2.75) is 19.8 Å². The molecule has 5 nitrogen and oxygen atoms in total. The standard InChI is InChI=1S/C14H15N3O2S/c1-9(2)12-8-20-14(16-12)13(19)17-15-7-10-3-5-11(18)6-4-10/h3-9,18H,1-2H3,(H,17,19)/b15-7+. The first-order chi connectivity index (χ1) is 9.56. The van der Waals surface area contributed by atoms with Crippen LogP contribution in [0.15, 0.2) is 34.7 Å². The van der Waals surface area contributed by atoms with E-state index in [9.17, 15) is 4.79 Å². The molecule has 0 bridgehead atoms. The predicted molar refractivity (Wildman–Crippen MR) is 79.4 cm³/mol. The number of hydrogen-bond donors (Lipinski definition) is 2. The number of hydrazone groups is 1. The molecule has 0 aliphatic heterocycles. The highest BCUT2D eigenvalue weighted by Gasteiger charge is 2.11. The third-order valence-corrected chi connectivity index (χ3v) is 3.44. The molecule has 6 heteroatoms. The molecule has 1 aromatic heterocycles. The zero-order valence-corrected chi connectivity index (χ0v) is 12.0. The Labute approximate surface area is 121 Å². The highest BCUT2D eigenvalue weighted by atomic mass is 32.1. The number of phenolic OH excluding ortho intramolecular Hbond substituents is 1. The van der Waals surface area contributed by atoms with Gasteiger partial charge in [0.25, 0.3) is 5.91 Å². The number of thiazole rings is 1. The number of aromatic nitrogens is 1. The van der Waals surface area contributed by atoms with Gasteiger partial charge in [-0.3, -0.25) is 4.79 Å². The van der Waals surface area contributed by atoms with Crippen molar-refractivity contribution in [3.8, 4) is 5.75 Å². The molecule has 1 aromatic carbocycles. The van der Waals surface area contributed by atoms with Gasteiger partial charge in [0.1, 0.15) is 5.75 Å². The van der Waals surface area contributed by atoms with E-state index in [4.69, 9.17) is 5.11 Å². The second-order valence-corrected chi connectivity index (χ2v) is 5.38. The van der Waals surface area contributed by atoms with Gasteiger partial charge >= 0.3 is 0 Å². The number of rotatable bonds is 4. The van der Waals surface area contributed by atoms with Crippen LogP contribution in [0.4, 0.5) is 0 Å². The van der Waals surface area contributed by atoms with Crippen molar-refractivity contribution < 1.29 is 9.90 Å². The van der Waals surface area contributed by atoms with E-state index in [0.29, 0.717) is 10.9 Å². The van der Waals surface area contributed by atoms with E-state index in [-0.39, 0.29) is 11.7 Å². The molecule has 0 atom stereocenters. The Balaban J connectivity index is 1.95. The van der Waals surface area contributed by atoms with Gasteiger partial charge in [-0.15, -0.1) is 11.3 Å². The molecule has 1 heterocycles. The lowest BCUT2D eigenvalue weighted by atomic mass is 10.2. The van der Waals surface area contributed by atoms with Gasteiger partial charge in [-0.2, -0.15) is 5.10 Å². The molecule has 0 radical (unpaired) electrons. The molecule has 104 valence electrons. The lowest BCUT2D eigenvalue weighted by molar-refractivity contribution is 0.0954. The Kier molecular flexibility index (Phi) is 4.47. The van der Waals surface area contributed by atoms with Crippen molar-refractivity contribution in [3.63, 3.8) is 0 Å². The van der Waals surface area contributed by atoms with Crippen LogP contribution < -0.4 is 5.43 Å². The molecule has 0 spiro atoms. The number of carbonyl (C=O) groups is 1. The molecule has 0 fully saturated rings. The number of aromatic hydroxyl groups is 1. The number of carbonyl (C=O) groups excluding carboxylic acids is 1. The molecule has 0 aliphatic rings. The predicted octanol–water partition coefficient (Wildman–Crippen LogP) is 2.74. The van der Waals surface area contributed by atoms with Gasteiger partial charge in [0.15, 0.2) is 5.01 Å². The zero-order valence-electron chi connectivity index (χ0n) is 11.2. The Bertz CT molecular complexity index is 618. The summed E-state index contributed by atoms with van der Waals surface area (Å²) in [5.41, 5.74) is 4.12. The average molecular weight is 289 g/mol. The topological polar surface area (TPSA) is 74.6 Å². The van der Waals surface area contributed by atoms with Crippen LogP contribution in [-0.2, 0) is 0 Å². The van der Waals surface area contributed by atoms with Crippen LogP contribution in [0, 0.1) is 0 Å². The van der Waals surface area contributed by atoms with E-state index in [2.05, 4.69) is 15.5 Å². The molecule has 20 heavy (non-hydrogen) atoms. The molecule has 0 saturated heterocycles. The Morgan fingerprint density at radius 3 is 2.70 bits per heavy atom. The Hall–Kier alpha value is -2.21. The summed E-state index contributed by atoms with van der Waals surface area (Å²) in [5, 5.41) is 15.3. The molecule has 2 aromatic rings. The Morgan fingerprint density at radius 2 is 2.10 bits per heavy atom. The molecule has 2 N–H and O–H groups in total. The van der Waals surface area contributed by atoms with Gasteiger partial charge in [-0.25, -0.2) is 10.4 Å². The number of hydrogen-bond acceptors (Lipinski definition) is 5. The van der Waals surface area contributed by atoms with Crippen molar-refractivity contribution in [3.05, 3.63) is 45.9 Å². The van der Waals surface area contributed by atoms with Gasteiger partial charge < -0.3 is 5.11 Å². The lowest BCUT2D eigenvalue weighted by Gasteiger charge is -1.97. The fourth-order valence-corrected chi connectivity index (χ4v) is 2.30. The molecule has 0 unspecified atom stereocenters. The van der Waals surface area contributed by atoms with Crippen LogP contribution in [-0.4, -0.2) is 22.2 Å². The first-order valence-corrected chi connectivity index (χ1v) is 7.02. The highest BCUT2D eigenvalue weighted by molar-refractivity contribution is 7.11. The summed E-state index contributed by atoms with van der Waals surface area (Å²) in [6.45, 7) is 4.05. The van der Waals surface area contributed by atoms with Crippen LogP contribution >= 0.6 is 11.3 Å². The maximum Gasteiger partial charge on any atom is 0.300 e. The summed E-state index contributed by atoms with van der Waals surface area (Å²) in [4.78, 5) is 16.1. The summed E-state index contributed by atoms with van der Waals surface area (Å²) in [6, 6.07) is 6.51. The molecular formula is C14H15N3O2S. The number of nitrogens with zero attached hydrogens (tertiary/aromatic N) is 2. The van der Waals surface area contributed by atoms with E-state index in [1.165, 1.54) is 17.6 Å². The minimum Gasteiger partial charge on any atom is -0.508 e. The summed E-state index contributed by atoms with van der Waals surface area (Å²) < 4.78 is 0. The van der Waals surface area contributed by atoms with Gasteiger partial charge in [-0.1, -0.05) is 13.8 Å². The van der Waals surface area contributed by atoms with E-state index < -0.39 is 0 Å². The number of benzene rings is 1. The second-order valence-electron chi connectivity index (χ2n) is 4.52. The monoisotopic (exact) mass is 289 g/mol. The third kappa shape index (κ3) is 3.64. The fraction of sp³-hybridized carbons (Fsp3) is 0.214. The molecule has 1 amide bonds. The summed E-state index contributed by atoms with van der Waals surface area (Å²) >= 11 is 1.30. The first kappa shape index (κ1) is 14.2. The van der Waals surface area contributed by atoms with Crippen LogP contribution in [0.3, 0.4) is 0 Å². The summed E-state index contributed by atoms with van der Waals surface area (Å²) in [7, 11) is 0. The van der Waals surface area contributed by atoms with Crippen molar-refractivity contribution >= 4 is 23.5 Å². The molecule has 2 rings (SSSR count). The van der Waals surface area contributed by atoms with Gasteiger partial charge in [-0.05, 0) is 35.7 Å². The average Bonchev–Trinajstić information content (AvgIpc) is 2.91. The van der Waals surface area contributed by atoms with Gasteiger partial charge in [0, 0.05) is 5.38 Å². The van der Waals surface area contributed by atoms with Crippen molar-refractivity contribution in [1.82, 2.24) is 10.4 Å². The maximum atomic E-state index is 11.8. The van der Waals surface area contributed by atoms with E-state index in [0.717, 1.165) is 11.3 Å². The van der Waals surface area contributed by atoms with Gasteiger partial charge in [0.2, 0.25) is 0 Å². The SMILES string of the molecule is CC(C)c1csc(C(=O)N/N=C/c2ccc(O)cc2)n1. The second kappa shape index (κ2) is 6.29. The van der Waals surface area contributed by atoms with Gasteiger partial charge in [0.05, 0.1) is 11.9 Å². The van der Waals surface area contributed by atoms with Crippen LogP contribution in [0.1, 0.15) is 40.8 Å². The zero-order chi connectivity index (χ0) is 14.5. The summed E-state index contributed by atoms with van der Waals surface area (Å²) in [6.07, 6.45) is 1.51. The smallest absolute Gasteiger partial charge is 0.300 e. The fourth-order valence-electron chi connectivity index (χ4n) is 1.43. The summed E-state index contributed by atoms with van der Waals surface area (Å²) in [5.74, 6) is 0.167. The minimum absolute atomic E-state index is 0.190. The van der Waals surface area contributed by atoms with Crippen LogP contribution in [0.5, 0.6) is 5.75 Å². The highest BCUT2D eigenvalue weighted by Crippen LogP contribution is 2.17. The first-order valence-electron chi connectivity index (χ1n) is 6.14. The number of phenols is 1. The minimum atomic E-state index is -0.322. The molecule has 0 saturated carbocycles. The van der Waals surface area contributed by atoms with Crippen molar-refractivity contribution in [2.24, 2.45) is 5.10 Å². The molecular weight excluding hydrogens is 274 g/mol. The maximum absolute atomic E-state index is 11.8. The van der Waals surface area contributed by atoms with E-state index in [1.807, 2.05) is 19.2 Å².